The molecule has 0 aromatic rings. The standard InChI is InChI=1S/C66H119NO36/c1-69-26-33-40-47(76-8)55(84-16)62(92-33)100-42-35(28-71-3)94-64(57(86-18)49(42)78-10)102-44-37(30-73-5)96-66(59(88-20)51(44)80-12)103-45-38(31-74-6)95-65(58(87-19)52(45)81-13)101-43-36(29-72-4)93-63(56(85-17)50(43)79-11)99-41-34(27-70-2)91-61(54(83-15)48(41)77-9)97-39-32(25-67-21-23-89-24-22-68)90-60(98-40)53(82-14)46(39)75-7/h32-68H,21-31H2,1-20H3/t32-,33-,34-,35-,36-,37-,38-,39-,40-,41-,42-,43-,44-,45-,46+,47-,48+,49-,50+,51+,52+,53-,54-,55+,56-,57+,58-,59-,60-,61-,62-,63-,64-,65-,66-/m1/s1. The van der Waals surface area contributed by atoms with Crippen molar-refractivity contribution in [3.05, 3.63) is 0 Å². The van der Waals surface area contributed by atoms with Crippen LogP contribution in [-0.2, 0) is 166 Å². The van der Waals surface area contributed by atoms with Gasteiger partial charge in [-0.2, -0.15) is 0 Å². The van der Waals surface area contributed by atoms with Crippen molar-refractivity contribution < 1.29 is 171 Å². The zero-order chi connectivity index (χ0) is 74.4. The van der Waals surface area contributed by atoms with Crippen LogP contribution in [0.4, 0.5) is 0 Å². The molecule has 0 spiro atoms. The van der Waals surface area contributed by atoms with Crippen molar-refractivity contribution >= 4 is 0 Å². The Kier molecular flexibility index (Phi) is 37.2. The molecule has 21 aliphatic rings. The molecule has 21 rings (SSSR count). The van der Waals surface area contributed by atoms with Gasteiger partial charge in [0.15, 0.2) is 44.0 Å². The molecule has 604 valence electrons. The molecule has 0 saturated carbocycles. The Morgan fingerprint density at radius 3 is 0.563 bits per heavy atom. The number of ether oxygens (including phenoxy) is 35. The van der Waals surface area contributed by atoms with Gasteiger partial charge >= 0.3 is 0 Å². The third-order valence-corrected chi connectivity index (χ3v) is 20.0. The Morgan fingerprint density at radius 2 is 0.398 bits per heavy atom. The smallest absolute Gasteiger partial charge is 0.187 e. The number of methoxy groups -OCH3 is 20. The lowest BCUT2D eigenvalue weighted by Gasteiger charge is -2.52. The predicted molar refractivity (Wildman–Crippen MR) is 348 cm³/mol. The fourth-order valence-electron chi connectivity index (χ4n) is 15.3. The van der Waals surface area contributed by atoms with Crippen molar-refractivity contribution in [1.82, 2.24) is 5.32 Å². The fraction of sp³-hybridized carbons (Fsp3) is 1.00. The summed E-state index contributed by atoms with van der Waals surface area (Å²) < 4.78 is 227. The van der Waals surface area contributed by atoms with E-state index in [1.165, 1.54) is 142 Å². The molecule has 0 aromatic carbocycles. The lowest BCUT2D eigenvalue weighted by Crippen LogP contribution is -2.69. The summed E-state index contributed by atoms with van der Waals surface area (Å²) >= 11 is 0. The van der Waals surface area contributed by atoms with Gasteiger partial charge in [-0.25, -0.2) is 0 Å². The SMILES string of the molecule is COC[C@H]1O[C@@H]2O[C@H]3[C@H](OC)[C@@H](OC)[C@@H](O[C@H]4[C@H](OC)[C@@H](OC)[C@@H](O[C@H]5[C@H](OC)[C@@H](OC)[C@@H](O[C@H]6[C@H](OC)[C@@H](OC)[C@@H](O[C@H]7[C@@H](OC)[C@H](OC)[C@@H](O[C@H]8[C@@H](OC)[C@H](OC)[C@@H](O[C@H]1[C@H](OC)[C@H]2OC)O[C@@H]8COC)O[C@@H]7COC)O[C@@H]6CNCCOCCO)O[C@@H]5COC)O[C@@H]4COC)O[C@@H]3COC. The van der Waals surface area contributed by atoms with Gasteiger partial charge in [0, 0.05) is 155 Å². The molecule has 103 heavy (non-hydrogen) atoms. The maximum absolute atomic E-state index is 9.50. The van der Waals surface area contributed by atoms with Crippen molar-refractivity contribution in [2.45, 2.75) is 215 Å². The molecular formula is C66H119NO36. The molecular weight excluding hydrogens is 1380 g/mol. The first kappa shape index (κ1) is 87.1. The van der Waals surface area contributed by atoms with Crippen LogP contribution in [0, 0.1) is 0 Å². The Bertz CT molecular complexity index is 2290. The lowest BCUT2D eigenvalue weighted by atomic mass is 9.94. The molecule has 37 heteroatoms. The van der Waals surface area contributed by atoms with E-state index in [-0.39, 0.29) is 66.0 Å². The van der Waals surface area contributed by atoms with E-state index in [4.69, 9.17) is 166 Å². The van der Waals surface area contributed by atoms with Gasteiger partial charge in [-0.3, -0.25) is 0 Å². The summed E-state index contributed by atoms with van der Waals surface area (Å²) in [5, 5.41) is 12.9. The van der Waals surface area contributed by atoms with E-state index in [9.17, 15) is 5.11 Å². The average Bonchev–Trinajstić information content (AvgIpc) is 0.792. The van der Waals surface area contributed by atoms with Gasteiger partial charge in [0.1, 0.15) is 171 Å². The second-order valence-electron chi connectivity index (χ2n) is 25.6. The van der Waals surface area contributed by atoms with Crippen molar-refractivity contribution in [2.75, 3.05) is 215 Å². The van der Waals surface area contributed by atoms with Crippen LogP contribution < -0.4 is 5.32 Å². The van der Waals surface area contributed by atoms with Crippen molar-refractivity contribution in [1.29, 1.82) is 0 Å². The first-order valence-electron chi connectivity index (χ1n) is 34.6. The van der Waals surface area contributed by atoms with Gasteiger partial charge in [0.2, 0.25) is 0 Å². The van der Waals surface area contributed by atoms with E-state index >= 15 is 0 Å². The molecule has 0 aliphatic carbocycles. The van der Waals surface area contributed by atoms with Crippen molar-refractivity contribution in [3.8, 4) is 0 Å². The highest BCUT2D eigenvalue weighted by atomic mass is 16.8. The maximum Gasteiger partial charge on any atom is 0.187 e. The first-order chi connectivity index (χ1) is 50.2. The molecule has 21 heterocycles. The summed E-state index contributed by atoms with van der Waals surface area (Å²) in [4.78, 5) is 0. The number of nitrogens with one attached hydrogen (secondary N) is 1. The van der Waals surface area contributed by atoms with E-state index in [0.717, 1.165) is 0 Å². The van der Waals surface area contributed by atoms with Gasteiger partial charge in [0.25, 0.3) is 0 Å². The Balaban J connectivity index is 1.24. The van der Waals surface area contributed by atoms with Crippen LogP contribution in [0.25, 0.3) is 0 Å². The van der Waals surface area contributed by atoms with Crippen LogP contribution in [-0.4, -0.2) is 435 Å². The fourth-order valence-corrected chi connectivity index (χ4v) is 15.3. The van der Waals surface area contributed by atoms with Crippen molar-refractivity contribution in [3.63, 3.8) is 0 Å². The van der Waals surface area contributed by atoms with Crippen LogP contribution in [0.3, 0.4) is 0 Å². The summed E-state index contributed by atoms with van der Waals surface area (Å²) in [6.45, 7) is 0.384. The summed E-state index contributed by atoms with van der Waals surface area (Å²) in [5.41, 5.74) is 0. The van der Waals surface area contributed by atoms with E-state index in [1.807, 2.05) is 0 Å². The van der Waals surface area contributed by atoms with Gasteiger partial charge in [-0.05, 0) is 0 Å². The molecule has 0 radical (unpaired) electrons. The molecule has 2 N–H and O–H groups in total. The Hall–Kier alpha value is -1.48. The van der Waals surface area contributed by atoms with Gasteiger partial charge in [0.05, 0.1) is 59.5 Å². The van der Waals surface area contributed by atoms with Crippen LogP contribution in [0.5, 0.6) is 0 Å². The zero-order valence-corrected chi connectivity index (χ0v) is 63.2. The number of rotatable bonds is 33. The largest absolute Gasteiger partial charge is 0.394 e. The normalized spacial score (nSPS) is 44.4. The molecule has 0 amide bonds. The van der Waals surface area contributed by atoms with E-state index < -0.39 is 215 Å². The second-order valence-corrected chi connectivity index (χ2v) is 25.6. The lowest BCUT2D eigenvalue weighted by molar-refractivity contribution is -0.402. The monoisotopic (exact) mass is 1500 g/mol. The third kappa shape index (κ3) is 20.1. The molecule has 0 unspecified atom stereocenters. The highest BCUT2D eigenvalue weighted by molar-refractivity contribution is 5.04. The molecule has 35 atom stereocenters. The first-order valence-corrected chi connectivity index (χ1v) is 34.6. The minimum absolute atomic E-state index is 0.0454. The molecule has 14 bridgehead atoms. The van der Waals surface area contributed by atoms with Crippen LogP contribution >= 0.6 is 0 Å². The summed E-state index contributed by atoms with van der Waals surface area (Å²) in [5.74, 6) is 0. The van der Waals surface area contributed by atoms with E-state index in [2.05, 4.69) is 5.32 Å². The number of hydrogen-bond acceptors (Lipinski definition) is 37. The summed E-state index contributed by atoms with van der Waals surface area (Å²) in [6.07, 6.45) is -36.5. The number of aliphatic hydroxyl groups is 1. The molecule has 21 aliphatic heterocycles. The van der Waals surface area contributed by atoms with Gasteiger partial charge in [-0.15, -0.1) is 0 Å². The molecule has 21 fully saturated rings. The van der Waals surface area contributed by atoms with Gasteiger partial charge < -0.3 is 176 Å². The topological polar surface area (TPSA) is 355 Å². The molecule has 0 aromatic heterocycles. The van der Waals surface area contributed by atoms with Crippen molar-refractivity contribution in [2.24, 2.45) is 0 Å². The van der Waals surface area contributed by atoms with Crippen LogP contribution in [0.1, 0.15) is 0 Å². The minimum Gasteiger partial charge on any atom is -0.394 e. The highest BCUT2D eigenvalue weighted by Gasteiger charge is 2.62. The zero-order valence-electron chi connectivity index (χ0n) is 63.2. The summed E-state index contributed by atoms with van der Waals surface area (Å²) in [7, 11) is 30.2. The van der Waals surface area contributed by atoms with Crippen LogP contribution in [0.2, 0.25) is 0 Å². The van der Waals surface area contributed by atoms with E-state index in [1.54, 1.807) is 0 Å². The minimum atomic E-state index is -1.25. The number of hydrogen-bond donors (Lipinski definition) is 2. The Labute approximate surface area is 604 Å². The maximum atomic E-state index is 9.50. The van der Waals surface area contributed by atoms with E-state index in [0.29, 0.717) is 6.54 Å². The predicted octanol–water partition coefficient (Wildman–Crippen LogP) is -2.54. The van der Waals surface area contributed by atoms with Gasteiger partial charge in [-0.1, -0.05) is 0 Å². The Morgan fingerprint density at radius 1 is 0.223 bits per heavy atom. The molecule has 37 nitrogen and oxygen atoms in total. The quantitative estimate of drug-likeness (QED) is 0.0639. The average molecular weight is 1500 g/mol. The number of aliphatic hydroxyl groups excluding tert-OH is 1. The highest BCUT2D eigenvalue weighted by Crippen LogP contribution is 2.43. The summed E-state index contributed by atoms with van der Waals surface area (Å²) in [6, 6.07) is 0. The van der Waals surface area contributed by atoms with Crippen LogP contribution in [0.15, 0.2) is 0 Å². The molecule has 21 saturated heterocycles. The second kappa shape index (κ2) is 43.9. The third-order valence-electron chi connectivity index (χ3n) is 20.0.